The lowest BCUT2D eigenvalue weighted by molar-refractivity contribution is 0.331. The summed E-state index contributed by atoms with van der Waals surface area (Å²) in [6, 6.07) is 11.0. The second-order valence-electron chi connectivity index (χ2n) is 4.26. The summed E-state index contributed by atoms with van der Waals surface area (Å²) in [5.41, 5.74) is 0.831. The van der Waals surface area contributed by atoms with Crippen molar-refractivity contribution in [3.8, 4) is 17.6 Å². The van der Waals surface area contributed by atoms with Gasteiger partial charge in [0, 0.05) is 6.07 Å². The van der Waals surface area contributed by atoms with Gasteiger partial charge in [-0.15, -0.1) is 0 Å². The van der Waals surface area contributed by atoms with E-state index in [1.807, 2.05) is 38.1 Å². The first-order chi connectivity index (χ1) is 10.3. The first kappa shape index (κ1) is 14.8. The van der Waals surface area contributed by atoms with Gasteiger partial charge in [-0.1, -0.05) is 0 Å². The van der Waals surface area contributed by atoms with E-state index in [9.17, 15) is 0 Å². The van der Waals surface area contributed by atoms with Crippen molar-refractivity contribution in [3.05, 3.63) is 41.9 Å². The molecule has 0 saturated heterocycles. The Labute approximate surface area is 124 Å². The second kappa shape index (κ2) is 7.25. The average molecular weight is 286 g/mol. The van der Waals surface area contributed by atoms with E-state index in [0.29, 0.717) is 31.3 Å². The number of nitrogens with zero attached hydrogens (tertiary/aromatic N) is 1. The zero-order valence-electron chi connectivity index (χ0n) is 12.2. The van der Waals surface area contributed by atoms with Crippen molar-refractivity contribution in [1.82, 2.24) is 0 Å². The molecule has 1 N–H and O–H groups in total. The molecule has 0 saturated carbocycles. The maximum Gasteiger partial charge on any atom is 0.203 e. The van der Waals surface area contributed by atoms with Gasteiger partial charge in [-0.25, -0.2) is 0 Å². The quantitative estimate of drug-likeness (QED) is 0.843. The molecule has 5 nitrogen and oxygen atoms in total. The average Bonchev–Trinajstić information content (AvgIpc) is 2.96. The van der Waals surface area contributed by atoms with E-state index < -0.39 is 0 Å². The Hall–Kier alpha value is -2.61. The molecular formula is C16H18N2O3. The first-order valence-electron chi connectivity index (χ1n) is 6.89. The fourth-order valence-corrected chi connectivity index (χ4v) is 1.90. The van der Waals surface area contributed by atoms with Gasteiger partial charge in [0.25, 0.3) is 0 Å². The van der Waals surface area contributed by atoms with Crippen molar-refractivity contribution < 1.29 is 13.9 Å². The highest BCUT2D eigenvalue weighted by atomic mass is 16.5. The normalized spacial score (nSPS) is 9.95. The van der Waals surface area contributed by atoms with E-state index in [1.54, 1.807) is 12.1 Å². The lowest BCUT2D eigenvalue weighted by Crippen LogP contribution is -2.03. The van der Waals surface area contributed by atoms with Crippen LogP contribution in [0.4, 0.5) is 5.69 Å². The molecule has 21 heavy (non-hydrogen) atoms. The summed E-state index contributed by atoms with van der Waals surface area (Å²) >= 11 is 0. The third-order valence-corrected chi connectivity index (χ3v) is 2.79. The van der Waals surface area contributed by atoms with Crippen LogP contribution in [-0.2, 0) is 6.54 Å². The van der Waals surface area contributed by atoms with Crippen LogP contribution in [0.25, 0.3) is 0 Å². The third-order valence-electron chi connectivity index (χ3n) is 2.79. The molecule has 0 bridgehead atoms. The van der Waals surface area contributed by atoms with Crippen molar-refractivity contribution in [2.75, 3.05) is 18.5 Å². The fourth-order valence-electron chi connectivity index (χ4n) is 1.90. The Morgan fingerprint density at radius 2 is 1.95 bits per heavy atom. The predicted molar refractivity (Wildman–Crippen MR) is 79.5 cm³/mol. The highest BCUT2D eigenvalue weighted by molar-refractivity contribution is 5.59. The molecule has 1 aromatic carbocycles. The van der Waals surface area contributed by atoms with Gasteiger partial charge >= 0.3 is 0 Å². The van der Waals surface area contributed by atoms with Gasteiger partial charge in [0.15, 0.2) is 0 Å². The van der Waals surface area contributed by atoms with Crippen LogP contribution >= 0.6 is 0 Å². The molecule has 0 unspecified atom stereocenters. The lowest BCUT2D eigenvalue weighted by Gasteiger charge is -2.13. The summed E-state index contributed by atoms with van der Waals surface area (Å²) in [6.07, 6.45) is 0. The monoisotopic (exact) mass is 286 g/mol. The number of benzene rings is 1. The Morgan fingerprint density at radius 1 is 1.14 bits per heavy atom. The van der Waals surface area contributed by atoms with Crippen LogP contribution in [0.3, 0.4) is 0 Å². The molecule has 0 spiro atoms. The summed E-state index contributed by atoms with van der Waals surface area (Å²) in [5.74, 6) is 2.53. The number of rotatable bonds is 7. The number of anilines is 1. The van der Waals surface area contributed by atoms with E-state index in [1.165, 1.54) is 0 Å². The molecule has 0 aliphatic carbocycles. The van der Waals surface area contributed by atoms with Crippen LogP contribution in [0.2, 0.25) is 0 Å². The molecule has 5 heteroatoms. The highest BCUT2D eigenvalue weighted by Crippen LogP contribution is 2.30. The van der Waals surface area contributed by atoms with Crippen LogP contribution in [0.1, 0.15) is 25.4 Å². The third kappa shape index (κ3) is 3.93. The smallest absolute Gasteiger partial charge is 0.203 e. The summed E-state index contributed by atoms with van der Waals surface area (Å²) < 4.78 is 16.4. The van der Waals surface area contributed by atoms with Gasteiger partial charge in [0.2, 0.25) is 5.76 Å². The lowest BCUT2D eigenvalue weighted by atomic mass is 10.2. The largest absolute Gasteiger partial charge is 0.494 e. The zero-order chi connectivity index (χ0) is 15.1. The van der Waals surface area contributed by atoms with Gasteiger partial charge in [-0.2, -0.15) is 5.26 Å². The van der Waals surface area contributed by atoms with Crippen LogP contribution < -0.4 is 14.8 Å². The Balaban J connectivity index is 2.12. The number of nitriles is 1. The van der Waals surface area contributed by atoms with Gasteiger partial charge in [0.05, 0.1) is 25.4 Å². The molecule has 1 heterocycles. The highest BCUT2D eigenvalue weighted by Gasteiger charge is 2.07. The molecule has 0 amide bonds. The van der Waals surface area contributed by atoms with E-state index in [4.69, 9.17) is 19.2 Å². The standard InChI is InChI=1S/C16H18N2O3/c1-3-19-12-7-8-16(20-4-2)15(9-12)18-11-14-6-5-13(10-17)21-14/h5-9,18H,3-4,11H2,1-2H3. The second-order valence-corrected chi connectivity index (χ2v) is 4.26. The number of nitrogens with one attached hydrogen (secondary N) is 1. The zero-order valence-corrected chi connectivity index (χ0v) is 12.2. The molecule has 0 aliphatic heterocycles. The minimum Gasteiger partial charge on any atom is -0.494 e. The number of hydrogen-bond donors (Lipinski definition) is 1. The number of ether oxygens (including phenoxy) is 2. The Kier molecular flexibility index (Phi) is 5.10. The van der Waals surface area contributed by atoms with Crippen LogP contribution in [0, 0.1) is 11.3 Å². The SMILES string of the molecule is CCOc1ccc(OCC)c(NCc2ccc(C#N)o2)c1. The summed E-state index contributed by atoms with van der Waals surface area (Å²) in [4.78, 5) is 0. The van der Waals surface area contributed by atoms with Gasteiger partial charge in [-0.3, -0.25) is 0 Å². The molecule has 0 fully saturated rings. The Bertz CT molecular complexity index is 629. The molecule has 2 aromatic rings. The number of furan rings is 1. The summed E-state index contributed by atoms with van der Waals surface area (Å²) in [7, 11) is 0. The Morgan fingerprint density at radius 3 is 2.62 bits per heavy atom. The minimum absolute atomic E-state index is 0.305. The van der Waals surface area contributed by atoms with E-state index in [2.05, 4.69) is 5.32 Å². The first-order valence-corrected chi connectivity index (χ1v) is 6.89. The summed E-state index contributed by atoms with van der Waals surface area (Å²) in [5, 5.41) is 12.0. The molecule has 110 valence electrons. The maximum atomic E-state index is 8.75. The van der Waals surface area contributed by atoms with Crippen LogP contribution in [0.5, 0.6) is 11.5 Å². The predicted octanol–water partition coefficient (Wildman–Crippen LogP) is 3.56. The minimum atomic E-state index is 0.305. The van der Waals surface area contributed by atoms with Crippen LogP contribution in [-0.4, -0.2) is 13.2 Å². The number of hydrogen-bond acceptors (Lipinski definition) is 5. The molecule has 0 radical (unpaired) electrons. The van der Waals surface area contributed by atoms with E-state index >= 15 is 0 Å². The summed E-state index contributed by atoms with van der Waals surface area (Å²) in [6.45, 7) is 5.54. The topological polar surface area (TPSA) is 67.4 Å². The van der Waals surface area contributed by atoms with Crippen molar-refractivity contribution in [1.29, 1.82) is 5.26 Å². The molecular weight excluding hydrogens is 268 g/mol. The van der Waals surface area contributed by atoms with Crippen molar-refractivity contribution in [2.24, 2.45) is 0 Å². The van der Waals surface area contributed by atoms with Crippen molar-refractivity contribution in [3.63, 3.8) is 0 Å². The van der Waals surface area contributed by atoms with Crippen molar-refractivity contribution in [2.45, 2.75) is 20.4 Å². The van der Waals surface area contributed by atoms with Gasteiger partial charge in [0.1, 0.15) is 23.3 Å². The molecule has 1 aromatic heterocycles. The van der Waals surface area contributed by atoms with Crippen molar-refractivity contribution >= 4 is 5.69 Å². The fraction of sp³-hybridized carbons (Fsp3) is 0.312. The van der Waals surface area contributed by atoms with E-state index in [0.717, 1.165) is 17.2 Å². The van der Waals surface area contributed by atoms with Crippen LogP contribution in [0.15, 0.2) is 34.7 Å². The van der Waals surface area contributed by atoms with Gasteiger partial charge < -0.3 is 19.2 Å². The van der Waals surface area contributed by atoms with E-state index in [-0.39, 0.29) is 0 Å². The maximum absolute atomic E-state index is 8.75. The molecule has 0 aliphatic rings. The molecule has 2 rings (SSSR count). The van der Waals surface area contributed by atoms with Gasteiger partial charge in [-0.05, 0) is 38.1 Å². The molecule has 0 atom stereocenters.